The summed E-state index contributed by atoms with van der Waals surface area (Å²) in [7, 11) is 0. The standard InChI is InChI=1S/C12H17N3O3S/c16-11(7-19-8-12(17)18)15-5-1-2-9(6-15)10-3-4-13-14-10/h3-4,9H,1-2,5-8H2,(H,13,14)(H,17,18). The minimum absolute atomic E-state index is 0.0236. The number of carbonyl (C=O) groups excluding carboxylic acids is 1. The van der Waals surface area contributed by atoms with Crippen LogP contribution in [-0.2, 0) is 9.59 Å². The first-order valence-electron chi connectivity index (χ1n) is 6.23. The van der Waals surface area contributed by atoms with E-state index in [2.05, 4.69) is 10.2 Å². The van der Waals surface area contributed by atoms with Crippen LogP contribution in [0.4, 0.5) is 0 Å². The van der Waals surface area contributed by atoms with Crippen molar-refractivity contribution in [1.82, 2.24) is 15.1 Å². The summed E-state index contributed by atoms with van der Waals surface area (Å²) in [5.74, 6) is -0.335. The lowest BCUT2D eigenvalue weighted by Gasteiger charge is -2.32. The molecule has 1 aliphatic rings. The number of nitrogens with zero attached hydrogens (tertiary/aromatic N) is 2. The van der Waals surface area contributed by atoms with Gasteiger partial charge < -0.3 is 10.0 Å². The Labute approximate surface area is 115 Å². The van der Waals surface area contributed by atoms with E-state index in [-0.39, 0.29) is 17.4 Å². The zero-order valence-corrected chi connectivity index (χ0v) is 11.4. The van der Waals surface area contributed by atoms with Crippen molar-refractivity contribution in [1.29, 1.82) is 0 Å². The van der Waals surface area contributed by atoms with Crippen LogP contribution in [0.3, 0.4) is 0 Å². The summed E-state index contributed by atoms with van der Waals surface area (Å²) >= 11 is 1.15. The molecule has 1 saturated heterocycles. The van der Waals surface area contributed by atoms with Crippen molar-refractivity contribution in [3.63, 3.8) is 0 Å². The van der Waals surface area contributed by atoms with Crippen LogP contribution in [-0.4, -0.2) is 56.7 Å². The third-order valence-corrected chi connectivity index (χ3v) is 4.09. The van der Waals surface area contributed by atoms with E-state index in [9.17, 15) is 9.59 Å². The second-order valence-electron chi connectivity index (χ2n) is 4.58. The maximum atomic E-state index is 12.0. The maximum Gasteiger partial charge on any atom is 0.313 e. The molecular weight excluding hydrogens is 266 g/mol. The number of thioether (sulfide) groups is 1. The minimum atomic E-state index is -0.883. The zero-order chi connectivity index (χ0) is 13.7. The van der Waals surface area contributed by atoms with Crippen molar-refractivity contribution >= 4 is 23.6 Å². The number of carboxylic acid groups (broad SMARTS) is 1. The lowest BCUT2D eigenvalue weighted by atomic mass is 9.95. The Morgan fingerprint density at radius 2 is 2.37 bits per heavy atom. The molecule has 2 N–H and O–H groups in total. The lowest BCUT2D eigenvalue weighted by molar-refractivity contribution is -0.133. The highest BCUT2D eigenvalue weighted by atomic mass is 32.2. The van der Waals surface area contributed by atoms with E-state index in [1.54, 1.807) is 6.20 Å². The molecule has 2 heterocycles. The number of amides is 1. The third kappa shape index (κ3) is 3.99. The molecule has 0 spiro atoms. The number of hydrogen-bond acceptors (Lipinski definition) is 4. The van der Waals surface area contributed by atoms with Gasteiger partial charge in [0.05, 0.1) is 11.5 Å². The van der Waals surface area contributed by atoms with Gasteiger partial charge in [-0.15, -0.1) is 11.8 Å². The van der Waals surface area contributed by atoms with Crippen LogP contribution in [0.25, 0.3) is 0 Å². The fraction of sp³-hybridized carbons (Fsp3) is 0.583. The number of rotatable bonds is 5. The number of carboxylic acids is 1. The normalized spacial score (nSPS) is 19.4. The van der Waals surface area contributed by atoms with Crippen molar-refractivity contribution < 1.29 is 14.7 Å². The van der Waals surface area contributed by atoms with Crippen LogP contribution in [0.5, 0.6) is 0 Å². The van der Waals surface area contributed by atoms with Gasteiger partial charge in [0.25, 0.3) is 0 Å². The van der Waals surface area contributed by atoms with Gasteiger partial charge in [0.15, 0.2) is 0 Å². The molecule has 1 aromatic rings. The molecule has 19 heavy (non-hydrogen) atoms. The van der Waals surface area contributed by atoms with Gasteiger partial charge in [-0.1, -0.05) is 0 Å². The maximum absolute atomic E-state index is 12.0. The number of piperidine rings is 1. The third-order valence-electron chi connectivity index (χ3n) is 3.19. The molecule has 6 nitrogen and oxygen atoms in total. The van der Waals surface area contributed by atoms with Gasteiger partial charge in [-0.3, -0.25) is 14.7 Å². The van der Waals surface area contributed by atoms with Crippen LogP contribution >= 0.6 is 11.8 Å². The molecule has 0 bridgehead atoms. The highest BCUT2D eigenvalue weighted by Crippen LogP contribution is 2.25. The quantitative estimate of drug-likeness (QED) is 0.839. The van der Waals surface area contributed by atoms with Gasteiger partial charge in [0.1, 0.15) is 0 Å². The number of likely N-dealkylation sites (tertiary alicyclic amines) is 1. The van der Waals surface area contributed by atoms with E-state index in [0.717, 1.165) is 36.8 Å². The van der Waals surface area contributed by atoms with Crippen molar-refractivity contribution in [2.45, 2.75) is 18.8 Å². The number of aromatic amines is 1. The number of nitrogens with one attached hydrogen (secondary N) is 1. The highest BCUT2D eigenvalue weighted by molar-refractivity contribution is 8.00. The minimum Gasteiger partial charge on any atom is -0.481 e. The molecular formula is C12H17N3O3S. The van der Waals surface area contributed by atoms with Gasteiger partial charge >= 0.3 is 5.97 Å². The Bertz CT molecular complexity index is 435. The molecule has 0 radical (unpaired) electrons. The smallest absolute Gasteiger partial charge is 0.313 e. The molecule has 1 atom stereocenters. The summed E-state index contributed by atoms with van der Waals surface area (Å²) < 4.78 is 0. The number of H-pyrrole nitrogens is 1. The predicted octanol–water partition coefficient (Wildman–Crippen LogP) is 0.933. The van der Waals surface area contributed by atoms with Gasteiger partial charge in [0, 0.05) is 30.9 Å². The second kappa shape index (κ2) is 6.60. The van der Waals surface area contributed by atoms with Crippen LogP contribution < -0.4 is 0 Å². The van der Waals surface area contributed by atoms with E-state index in [0.29, 0.717) is 12.5 Å². The van der Waals surface area contributed by atoms with Gasteiger partial charge in [-0.2, -0.15) is 5.10 Å². The highest BCUT2D eigenvalue weighted by Gasteiger charge is 2.25. The molecule has 0 aliphatic carbocycles. The molecule has 1 amide bonds. The molecule has 2 rings (SSSR count). The second-order valence-corrected chi connectivity index (χ2v) is 5.56. The number of aromatic nitrogens is 2. The van der Waals surface area contributed by atoms with E-state index in [1.807, 2.05) is 11.0 Å². The van der Waals surface area contributed by atoms with E-state index < -0.39 is 5.97 Å². The number of carbonyl (C=O) groups is 2. The summed E-state index contributed by atoms with van der Waals surface area (Å²) in [5, 5.41) is 15.4. The van der Waals surface area contributed by atoms with Crippen molar-refractivity contribution in [2.24, 2.45) is 0 Å². The fourth-order valence-electron chi connectivity index (χ4n) is 2.27. The number of hydrogen-bond donors (Lipinski definition) is 2. The van der Waals surface area contributed by atoms with Crippen molar-refractivity contribution in [3.05, 3.63) is 18.0 Å². The van der Waals surface area contributed by atoms with Crippen molar-refractivity contribution in [3.8, 4) is 0 Å². The Morgan fingerprint density at radius 1 is 1.53 bits per heavy atom. The molecule has 0 aromatic carbocycles. The average Bonchev–Trinajstić information content (AvgIpc) is 2.92. The summed E-state index contributed by atoms with van der Waals surface area (Å²) in [6, 6.07) is 1.94. The SMILES string of the molecule is O=C(O)CSCC(=O)N1CCCC(c2ccn[nH]2)C1. The molecule has 1 fully saturated rings. The first kappa shape index (κ1) is 13.9. The molecule has 1 aromatic heterocycles. The molecule has 1 unspecified atom stereocenters. The van der Waals surface area contributed by atoms with Gasteiger partial charge in [-0.25, -0.2) is 0 Å². The summed E-state index contributed by atoms with van der Waals surface area (Å²) in [6.07, 6.45) is 3.74. The van der Waals surface area contributed by atoms with Crippen LogP contribution in [0.1, 0.15) is 24.5 Å². The van der Waals surface area contributed by atoms with E-state index >= 15 is 0 Å². The van der Waals surface area contributed by atoms with Gasteiger partial charge in [-0.05, 0) is 18.9 Å². The Morgan fingerprint density at radius 3 is 3.05 bits per heavy atom. The van der Waals surface area contributed by atoms with Crippen LogP contribution in [0.15, 0.2) is 12.3 Å². The molecule has 0 saturated carbocycles. The summed E-state index contributed by atoms with van der Waals surface area (Å²) in [6.45, 7) is 1.45. The van der Waals surface area contributed by atoms with Crippen LogP contribution in [0, 0.1) is 0 Å². The average molecular weight is 283 g/mol. The van der Waals surface area contributed by atoms with E-state index in [1.165, 1.54) is 0 Å². The molecule has 104 valence electrons. The topological polar surface area (TPSA) is 86.3 Å². The van der Waals surface area contributed by atoms with Crippen LogP contribution in [0.2, 0.25) is 0 Å². The van der Waals surface area contributed by atoms with Crippen molar-refractivity contribution in [2.75, 3.05) is 24.6 Å². The first-order chi connectivity index (χ1) is 9.16. The summed E-state index contributed by atoms with van der Waals surface area (Å²) in [5.41, 5.74) is 1.07. The Kier molecular flexibility index (Phi) is 4.84. The molecule has 7 heteroatoms. The Balaban J connectivity index is 1.83. The zero-order valence-electron chi connectivity index (χ0n) is 10.5. The monoisotopic (exact) mass is 283 g/mol. The number of aliphatic carboxylic acids is 1. The van der Waals surface area contributed by atoms with E-state index in [4.69, 9.17) is 5.11 Å². The molecule has 1 aliphatic heterocycles. The van der Waals surface area contributed by atoms with Gasteiger partial charge in [0.2, 0.25) is 5.91 Å². The largest absolute Gasteiger partial charge is 0.481 e. The first-order valence-corrected chi connectivity index (χ1v) is 7.39. The lowest BCUT2D eigenvalue weighted by Crippen LogP contribution is -2.40. The predicted molar refractivity (Wildman–Crippen MR) is 72.1 cm³/mol. The Hall–Kier alpha value is -1.50. The fourth-order valence-corrected chi connectivity index (χ4v) is 2.90. The summed E-state index contributed by atoms with van der Waals surface area (Å²) in [4.78, 5) is 24.2.